The molecule has 0 aliphatic heterocycles. The van der Waals surface area contributed by atoms with E-state index < -0.39 is 0 Å². The van der Waals surface area contributed by atoms with Crippen LogP contribution in [0.25, 0.3) is 6.08 Å². The van der Waals surface area contributed by atoms with Crippen molar-refractivity contribution in [2.75, 3.05) is 31.3 Å². The molecule has 0 amide bonds. The molecule has 154 valence electrons. The molecule has 2 aromatic rings. The second-order valence-electron chi connectivity index (χ2n) is 6.00. The average molecular weight is 411 g/mol. The zero-order valence-electron chi connectivity index (χ0n) is 16.2. The summed E-state index contributed by atoms with van der Waals surface area (Å²) >= 11 is 6.22. The summed E-state index contributed by atoms with van der Waals surface area (Å²) in [4.78, 5) is 8.22. The second-order valence-corrected chi connectivity index (χ2v) is 6.36. The Morgan fingerprint density at radius 1 is 1.29 bits per heavy atom. The molecule has 0 spiro atoms. The first-order chi connectivity index (χ1) is 13.5. The number of anilines is 2. The Morgan fingerprint density at radius 3 is 2.64 bits per heavy atom. The minimum Gasteiger partial charge on any atom is -0.400 e. The Bertz CT molecular complexity index is 755. The van der Waals surface area contributed by atoms with E-state index in [0.717, 1.165) is 20.0 Å². The highest BCUT2D eigenvalue weighted by atomic mass is 35.5. The highest BCUT2D eigenvalue weighted by Crippen LogP contribution is 2.24. The number of benzene rings is 1. The maximum absolute atomic E-state index is 13.7. The minimum absolute atomic E-state index is 0.0912. The quantitative estimate of drug-likeness (QED) is 0.471. The molecule has 0 aliphatic rings. The Hall–Kier alpha value is -2.22. The fraction of sp³-hybridized carbons (Fsp3) is 0.400. The van der Waals surface area contributed by atoms with Crippen molar-refractivity contribution in [3.8, 4) is 0 Å². The van der Waals surface area contributed by atoms with Gasteiger partial charge in [-0.3, -0.25) is 0 Å². The molecule has 0 saturated carbocycles. The van der Waals surface area contributed by atoms with Crippen molar-refractivity contribution in [2.45, 2.75) is 26.2 Å². The van der Waals surface area contributed by atoms with Gasteiger partial charge in [-0.25, -0.2) is 9.37 Å². The van der Waals surface area contributed by atoms with Crippen LogP contribution in [0.1, 0.15) is 30.9 Å². The van der Waals surface area contributed by atoms with Crippen LogP contribution in [0, 0.1) is 11.7 Å². The smallest absolute Gasteiger partial charge is 0.223 e. The van der Waals surface area contributed by atoms with Gasteiger partial charge in [-0.2, -0.15) is 4.98 Å². The summed E-state index contributed by atoms with van der Waals surface area (Å²) < 4.78 is 13.7. The number of nitrogen functional groups attached to an aromatic ring is 1. The largest absolute Gasteiger partial charge is 0.400 e. The monoisotopic (exact) mass is 410 g/mol. The van der Waals surface area contributed by atoms with Crippen LogP contribution in [0.5, 0.6) is 0 Å². The number of nitrogens with one attached hydrogen (secondary N) is 1. The number of nitrogens with two attached hydrogens (primary N) is 1. The zero-order chi connectivity index (χ0) is 20.9. The molecule has 2 rings (SSSR count). The van der Waals surface area contributed by atoms with Gasteiger partial charge in [0.2, 0.25) is 5.95 Å². The van der Waals surface area contributed by atoms with Crippen LogP contribution in [0.2, 0.25) is 5.15 Å². The highest BCUT2D eigenvalue weighted by molar-refractivity contribution is 6.30. The number of allylic oxidation sites excluding steroid dienone is 1. The highest BCUT2D eigenvalue weighted by Gasteiger charge is 2.12. The molecule has 0 unspecified atom stereocenters. The average Bonchev–Trinajstić information content (AvgIpc) is 2.70. The van der Waals surface area contributed by atoms with Gasteiger partial charge in [0.15, 0.2) is 0 Å². The van der Waals surface area contributed by atoms with E-state index in [1.165, 1.54) is 6.07 Å². The Morgan fingerprint density at radius 2 is 2.00 bits per heavy atom. The molecule has 1 aromatic carbocycles. The van der Waals surface area contributed by atoms with Crippen molar-refractivity contribution >= 4 is 29.4 Å². The van der Waals surface area contributed by atoms with Crippen molar-refractivity contribution in [1.29, 1.82) is 0 Å². The number of hydrogen-bond acceptors (Lipinski definition) is 6. The molecule has 1 atom stereocenters. The maximum atomic E-state index is 13.7. The van der Waals surface area contributed by atoms with Gasteiger partial charge in [-0.1, -0.05) is 55.3 Å². The lowest BCUT2D eigenvalue weighted by molar-refractivity contribution is 0.217. The minimum atomic E-state index is -0.281. The van der Waals surface area contributed by atoms with Crippen molar-refractivity contribution in [1.82, 2.24) is 9.97 Å². The van der Waals surface area contributed by atoms with Crippen molar-refractivity contribution < 1.29 is 14.6 Å². The molecule has 0 saturated heterocycles. The van der Waals surface area contributed by atoms with E-state index in [1.54, 1.807) is 24.3 Å². The molecular weight excluding hydrogens is 383 g/mol. The molecule has 6 nitrogen and oxygen atoms in total. The number of aliphatic hydroxyl groups is 2. The Balaban J connectivity index is 0.00000190. The van der Waals surface area contributed by atoms with Crippen LogP contribution >= 0.6 is 11.6 Å². The summed E-state index contributed by atoms with van der Waals surface area (Å²) in [5.74, 6) is 0.611. The molecule has 1 heterocycles. The van der Waals surface area contributed by atoms with Gasteiger partial charge < -0.3 is 21.3 Å². The lowest BCUT2D eigenvalue weighted by Gasteiger charge is -2.15. The van der Waals surface area contributed by atoms with Crippen LogP contribution in [0.15, 0.2) is 30.3 Å². The number of halogens is 2. The fourth-order valence-electron chi connectivity index (χ4n) is 2.53. The summed E-state index contributed by atoms with van der Waals surface area (Å²) in [6, 6.07) is 6.54. The van der Waals surface area contributed by atoms with E-state index in [2.05, 4.69) is 15.3 Å². The Labute approximate surface area is 170 Å². The topological polar surface area (TPSA) is 104 Å². The molecule has 0 aliphatic carbocycles. The maximum Gasteiger partial charge on any atom is 0.223 e. The standard InChI is InChI=1S/C19H24ClFN4O.CH4O/c1-2-13(12-26)10-11-23-18-15(17(20)24-19(22)25-18)8-5-7-14-6-3-4-9-16(14)21;1-2/h3-7,9,13,26H,2,8,10-12H2,1H3,(H3,22,23,24,25);2H,1H3/b7-5+;/t13-;/m0./s1. The number of nitrogens with zero attached hydrogens (tertiary/aromatic N) is 2. The van der Waals surface area contributed by atoms with Crippen LogP contribution < -0.4 is 11.1 Å². The number of aliphatic hydroxyl groups excluding tert-OH is 2. The third kappa shape index (κ3) is 7.42. The third-order valence-corrected chi connectivity index (χ3v) is 4.49. The van der Waals surface area contributed by atoms with E-state index in [-0.39, 0.29) is 29.4 Å². The molecule has 8 heteroatoms. The van der Waals surface area contributed by atoms with Gasteiger partial charge in [-0.05, 0) is 24.8 Å². The van der Waals surface area contributed by atoms with Crippen LogP contribution in [-0.2, 0) is 6.42 Å². The summed E-state index contributed by atoms with van der Waals surface area (Å²) in [7, 11) is 1.00. The molecule has 28 heavy (non-hydrogen) atoms. The van der Waals surface area contributed by atoms with Crippen molar-refractivity contribution in [3.05, 3.63) is 52.4 Å². The fourth-order valence-corrected chi connectivity index (χ4v) is 2.79. The Kier molecular flexibility index (Phi) is 11.1. The lowest BCUT2D eigenvalue weighted by atomic mass is 10.0. The van der Waals surface area contributed by atoms with Gasteiger partial charge in [0, 0.05) is 31.4 Å². The third-order valence-electron chi connectivity index (χ3n) is 4.18. The predicted molar refractivity (Wildman–Crippen MR) is 113 cm³/mol. The first-order valence-corrected chi connectivity index (χ1v) is 9.45. The van der Waals surface area contributed by atoms with Crippen LogP contribution in [-0.4, -0.2) is 40.4 Å². The van der Waals surface area contributed by atoms with Crippen molar-refractivity contribution in [3.63, 3.8) is 0 Å². The van der Waals surface area contributed by atoms with Crippen LogP contribution in [0.3, 0.4) is 0 Å². The zero-order valence-corrected chi connectivity index (χ0v) is 17.0. The molecule has 1 aromatic heterocycles. The van der Waals surface area contributed by atoms with E-state index in [9.17, 15) is 9.50 Å². The lowest BCUT2D eigenvalue weighted by Crippen LogP contribution is -2.14. The van der Waals surface area contributed by atoms with Gasteiger partial charge in [-0.15, -0.1) is 0 Å². The number of aromatic nitrogens is 2. The second kappa shape index (κ2) is 13.0. The molecule has 5 N–H and O–H groups in total. The first-order valence-electron chi connectivity index (χ1n) is 9.07. The molecule has 0 radical (unpaired) electrons. The predicted octanol–water partition coefficient (Wildman–Crippen LogP) is 3.54. The van der Waals surface area contributed by atoms with Gasteiger partial charge in [0.05, 0.1) is 0 Å². The van der Waals surface area contributed by atoms with Crippen LogP contribution in [0.4, 0.5) is 16.2 Å². The molecular formula is C20H28ClFN4O2. The van der Waals surface area contributed by atoms with E-state index >= 15 is 0 Å². The summed E-state index contributed by atoms with van der Waals surface area (Å²) in [6.07, 6.45) is 5.66. The summed E-state index contributed by atoms with van der Waals surface area (Å²) in [5, 5.41) is 19.8. The SMILES string of the molecule is CC[C@H](CO)CCNc1nc(N)nc(Cl)c1C/C=C/c1ccccc1F.CO. The van der Waals surface area contributed by atoms with E-state index in [4.69, 9.17) is 22.4 Å². The van der Waals surface area contributed by atoms with E-state index in [0.29, 0.717) is 29.9 Å². The normalized spacial score (nSPS) is 11.8. The van der Waals surface area contributed by atoms with Gasteiger partial charge in [0.25, 0.3) is 0 Å². The molecule has 0 fully saturated rings. The van der Waals surface area contributed by atoms with Gasteiger partial charge in [0.1, 0.15) is 16.8 Å². The summed E-state index contributed by atoms with van der Waals surface area (Å²) in [5.41, 5.74) is 6.90. The van der Waals surface area contributed by atoms with Crippen molar-refractivity contribution in [2.24, 2.45) is 5.92 Å². The van der Waals surface area contributed by atoms with Gasteiger partial charge >= 0.3 is 0 Å². The first kappa shape index (κ1) is 23.8. The van der Waals surface area contributed by atoms with E-state index in [1.807, 2.05) is 13.0 Å². The number of rotatable bonds is 9. The summed E-state index contributed by atoms with van der Waals surface area (Å²) in [6.45, 7) is 2.83. The number of hydrogen-bond donors (Lipinski definition) is 4. The molecule has 0 bridgehead atoms.